The van der Waals surface area contributed by atoms with E-state index in [1.54, 1.807) is 11.8 Å². The lowest BCUT2D eigenvalue weighted by atomic mass is 9.83. The van der Waals surface area contributed by atoms with Gasteiger partial charge in [0.1, 0.15) is 0 Å². The lowest BCUT2D eigenvalue weighted by Crippen LogP contribution is -2.18. The highest BCUT2D eigenvalue weighted by molar-refractivity contribution is 7.98. The molecule has 0 aliphatic carbocycles. The maximum absolute atomic E-state index is 6.54. The van der Waals surface area contributed by atoms with Crippen molar-refractivity contribution >= 4 is 23.4 Å². The number of nitrogens with one attached hydrogen (secondary N) is 1. The Bertz CT molecular complexity index is 906. The van der Waals surface area contributed by atoms with Crippen molar-refractivity contribution in [3.63, 3.8) is 0 Å². The summed E-state index contributed by atoms with van der Waals surface area (Å²) in [5.41, 5.74) is 4.51. The fraction of sp³-hybridized carbons (Fsp3) is 0.348. The molecule has 1 fully saturated rings. The second kappa shape index (κ2) is 9.17. The van der Waals surface area contributed by atoms with Gasteiger partial charge in [-0.25, -0.2) is 0 Å². The summed E-state index contributed by atoms with van der Waals surface area (Å²) in [6.07, 6.45) is 7.24. The van der Waals surface area contributed by atoms with E-state index in [1.165, 1.54) is 11.3 Å². The second-order valence-corrected chi connectivity index (χ2v) is 8.54. The molecule has 3 aromatic rings. The minimum Gasteiger partial charge on any atom is -0.381 e. The molecule has 0 spiro atoms. The van der Waals surface area contributed by atoms with Gasteiger partial charge in [0.2, 0.25) is 0 Å². The maximum Gasteiger partial charge on any atom is 0.0864 e. The number of halogens is 1. The van der Waals surface area contributed by atoms with Gasteiger partial charge in [-0.15, -0.1) is 11.8 Å². The monoisotopic (exact) mass is 412 g/mol. The summed E-state index contributed by atoms with van der Waals surface area (Å²) < 4.78 is 5.56. The van der Waals surface area contributed by atoms with Crippen LogP contribution in [0.1, 0.15) is 36.4 Å². The van der Waals surface area contributed by atoms with Gasteiger partial charge in [0.25, 0.3) is 0 Å². The molecule has 0 amide bonds. The molecule has 1 unspecified atom stereocenters. The molecule has 1 N–H and O–H groups in total. The van der Waals surface area contributed by atoms with Gasteiger partial charge in [-0.05, 0) is 73.4 Å². The minimum absolute atomic E-state index is 0.286. The van der Waals surface area contributed by atoms with E-state index < -0.39 is 0 Å². The zero-order valence-corrected chi connectivity index (χ0v) is 17.6. The van der Waals surface area contributed by atoms with Crippen molar-refractivity contribution in [1.82, 2.24) is 9.97 Å². The molecule has 1 aromatic carbocycles. The minimum atomic E-state index is 0.286. The summed E-state index contributed by atoms with van der Waals surface area (Å²) in [7, 11) is 0. The van der Waals surface area contributed by atoms with Crippen molar-refractivity contribution in [3.05, 3.63) is 71.0 Å². The summed E-state index contributed by atoms with van der Waals surface area (Å²) in [6.45, 7) is 1.74. The van der Waals surface area contributed by atoms with Gasteiger partial charge < -0.3 is 9.72 Å². The summed E-state index contributed by atoms with van der Waals surface area (Å²) >= 11 is 8.23. The number of aromatic nitrogens is 2. The highest BCUT2D eigenvalue weighted by Crippen LogP contribution is 2.37. The van der Waals surface area contributed by atoms with E-state index in [0.717, 1.165) is 53.8 Å². The van der Waals surface area contributed by atoms with Crippen molar-refractivity contribution in [2.45, 2.75) is 30.1 Å². The van der Waals surface area contributed by atoms with E-state index >= 15 is 0 Å². The third kappa shape index (κ3) is 4.45. The van der Waals surface area contributed by atoms with E-state index in [9.17, 15) is 0 Å². The van der Waals surface area contributed by atoms with E-state index in [2.05, 4.69) is 46.6 Å². The van der Waals surface area contributed by atoms with Crippen molar-refractivity contribution in [2.24, 2.45) is 5.92 Å². The van der Waals surface area contributed by atoms with Crippen molar-refractivity contribution in [2.75, 3.05) is 19.5 Å². The van der Waals surface area contributed by atoms with Crippen LogP contribution in [-0.2, 0) is 4.74 Å². The number of benzene rings is 1. The zero-order chi connectivity index (χ0) is 19.3. The third-order valence-corrected chi connectivity index (χ3v) is 6.73. The van der Waals surface area contributed by atoms with Crippen LogP contribution in [0.2, 0.25) is 5.02 Å². The van der Waals surface area contributed by atoms with Gasteiger partial charge in [0, 0.05) is 35.9 Å². The largest absolute Gasteiger partial charge is 0.381 e. The molecular formula is C23H25ClN2OS. The Morgan fingerprint density at radius 3 is 2.75 bits per heavy atom. The lowest BCUT2D eigenvalue weighted by molar-refractivity contribution is 0.0626. The van der Waals surface area contributed by atoms with Gasteiger partial charge in [-0.2, -0.15) is 0 Å². The number of hydrogen-bond acceptors (Lipinski definition) is 3. The average Bonchev–Trinajstić information content (AvgIpc) is 3.23. The maximum atomic E-state index is 6.54. The Labute approximate surface area is 175 Å². The van der Waals surface area contributed by atoms with Crippen LogP contribution < -0.4 is 0 Å². The first kappa shape index (κ1) is 19.6. The molecule has 3 nitrogen and oxygen atoms in total. The van der Waals surface area contributed by atoms with Gasteiger partial charge in [0.05, 0.1) is 16.4 Å². The second-order valence-electron chi connectivity index (χ2n) is 7.28. The molecule has 4 rings (SSSR count). The van der Waals surface area contributed by atoms with Crippen LogP contribution in [0.4, 0.5) is 0 Å². The average molecular weight is 413 g/mol. The molecule has 28 heavy (non-hydrogen) atoms. The summed E-state index contributed by atoms with van der Waals surface area (Å²) in [4.78, 5) is 9.22. The fourth-order valence-corrected chi connectivity index (χ4v) is 4.82. The van der Waals surface area contributed by atoms with Crippen LogP contribution in [-0.4, -0.2) is 29.4 Å². The number of thioether (sulfide) groups is 1. The van der Waals surface area contributed by atoms with Crippen molar-refractivity contribution in [1.29, 1.82) is 0 Å². The van der Waals surface area contributed by atoms with Gasteiger partial charge >= 0.3 is 0 Å². The molecule has 146 valence electrons. The van der Waals surface area contributed by atoms with E-state index in [1.807, 2.05) is 24.4 Å². The highest BCUT2D eigenvalue weighted by atomic mass is 35.5. The number of hydrogen-bond donors (Lipinski definition) is 1. The molecular weight excluding hydrogens is 388 g/mol. The van der Waals surface area contributed by atoms with Gasteiger partial charge in [-0.3, -0.25) is 4.98 Å². The van der Waals surface area contributed by atoms with Gasteiger partial charge in [0.15, 0.2) is 0 Å². The SMILES string of the molecule is CSc1ccc(C(CC2CCOCC2)c2ccc(-c3ccccn3)[nH]2)cc1Cl. The molecule has 1 aliphatic heterocycles. The van der Waals surface area contributed by atoms with Crippen molar-refractivity contribution in [3.8, 4) is 11.4 Å². The summed E-state index contributed by atoms with van der Waals surface area (Å²) in [6, 6.07) is 16.8. The lowest BCUT2D eigenvalue weighted by Gasteiger charge is -2.27. The fourth-order valence-electron chi connectivity index (χ4n) is 3.94. The molecule has 0 bridgehead atoms. The van der Waals surface area contributed by atoms with Gasteiger partial charge in [-0.1, -0.05) is 23.7 Å². The number of pyridine rings is 1. The summed E-state index contributed by atoms with van der Waals surface area (Å²) in [5, 5.41) is 0.832. The Morgan fingerprint density at radius 2 is 2.04 bits per heavy atom. The number of aromatic amines is 1. The normalized spacial score (nSPS) is 16.2. The Morgan fingerprint density at radius 1 is 1.18 bits per heavy atom. The van der Waals surface area contributed by atoms with Crippen LogP contribution in [0, 0.1) is 5.92 Å². The first-order chi connectivity index (χ1) is 13.7. The summed E-state index contributed by atoms with van der Waals surface area (Å²) in [5.74, 6) is 0.952. The molecule has 0 radical (unpaired) electrons. The zero-order valence-electron chi connectivity index (χ0n) is 16.0. The topological polar surface area (TPSA) is 37.9 Å². The van der Waals surface area contributed by atoms with Crippen LogP contribution in [0.25, 0.3) is 11.4 Å². The number of H-pyrrole nitrogens is 1. The third-order valence-electron chi connectivity index (χ3n) is 5.51. The standard InChI is InChI=1S/C23H25ClN2OS/c1-28-23-8-5-17(15-19(23)24)18(14-16-9-12-27-13-10-16)20-6-7-22(26-20)21-4-2-3-11-25-21/h2-8,11,15-16,18,26H,9-10,12-14H2,1H3. The van der Waals surface area contributed by atoms with E-state index in [0.29, 0.717) is 5.92 Å². The predicted molar refractivity (Wildman–Crippen MR) is 117 cm³/mol. The van der Waals surface area contributed by atoms with Crippen molar-refractivity contribution < 1.29 is 4.74 Å². The highest BCUT2D eigenvalue weighted by Gasteiger charge is 2.24. The predicted octanol–water partition coefficient (Wildman–Crippen LogP) is 6.40. The van der Waals surface area contributed by atoms with E-state index in [4.69, 9.17) is 16.3 Å². The smallest absolute Gasteiger partial charge is 0.0864 e. The number of rotatable bonds is 6. The van der Waals surface area contributed by atoms with E-state index in [-0.39, 0.29) is 5.92 Å². The Balaban J connectivity index is 1.66. The molecule has 2 aromatic heterocycles. The molecule has 1 aliphatic rings. The Hall–Kier alpha value is -1.75. The first-order valence-corrected chi connectivity index (χ1v) is 11.4. The number of ether oxygens (including phenoxy) is 1. The molecule has 1 saturated heterocycles. The number of nitrogens with zero attached hydrogens (tertiary/aromatic N) is 1. The molecule has 3 heterocycles. The van der Waals surface area contributed by atoms with Crippen LogP contribution in [0.3, 0.4) is 0 Å². The molecule has 5 heteroatoms. The molecule has 0 saturated carbocycles. The first-order valence-electron chi connectivity index (χ1n) is 9.76. The van der Waals surface area contributed by atoms with Crippen LogP contribution >= 0.6 is 23.4 Å². The van der Waals surface area contributed by atoms with Crippen LogP contribution in [0.5, 0.6) is 0 Å². The quantitative estimate of drug-likeness (QED) is 0.476. The molecule has 1 atom stereocenters. The Kier molecular flexibility index (Phi) is 6.40. The van der Waals surface area contributed by atoms with Crippen LogP contribution in [0.15, 0.2) is 59.6 Å².